The molecule has 4 heteroatoms. The Bertz CT molecular complexity index is 1670. The van der Waals surface area contributed by atoms with E-state index in [2.05, 4.69) is 36.4 Å². The summed E-state index contributed by atoms with van der Waals surface area (Å²) in [6.45, 7) is 1.07. The van der Waals surface area contributed by atoms with Crippen LogP contribution in [0, 0.1) is 0 Å². The van der Waals surface area contributed by atoms with Crippen molar-refractivity contribution >= 4 is 0 Å². The van der Waals surface area contributed by atoms with Gasteiger partial charge >= 0.3 is 0 Å². The average Bonchev–Trinajstić information content (AvgIpc) is 3.12. The number of fused-ring (bicyclic) bond motifs is 4. The molecule has 0 atom stereocenters. The number of hydrogen-bond donors (Lipinski definition) is 2. The quantitative estimate of drug-likeness (QED) is 0.191. The van der Waals surface area contributed by atoms with Crippen LogP contribution in [0.1, 0.15) is 102 Å². The third kappa shape index (κ3) is 5.79. The second kappa shape index (κ2) is 13.3. The third-order valence-corrected chi connectivity index (χ3v) is 11.3. The molecule has 0 bridgehead atoms. The zero-order valence-corrected chi connectivity index (χ0v) is 27.8. The first-order valence-electron chi connectivity index (χ1n) is 18.4. The van der Waals surface area contributed by atoms with E-state index in [1.54, 1.807) is 0 Å². The van der Waals surface area contributed by atoms with E-state index < -0.39 is 0 Å². The van der Waals surface area contributed by atoms with Gasteiger partial charge in [0, 0.05) is 28.7 Å². The molecule has 0 heterocycles. The molecular weight excluding hydrogens is 580 g/mol. The lowest BCUT2D eigenvalue weighted by Gasteiger charge is -2.27. The van der Waals surface area contributed by atoms with Gasteiger partial charge in [-0.15, -0.1) is 0 Å². The molecule has 0 spiro atoms. The molecule has 47 heavy (non-hydrogen) atoms. The Morgan fingerprint density at radius 2 is 0.702 bits per heavy atom. The molecule has 0 aliphatic heterocycles. The number of ether oxygens (including phenoxy) is 2. The van der Waals surface area contributed by atoms with E-state index in [1.165, 1.54) is 95.9 Å². The van der Waals surface area contributed by atoms with Crippen LogP contribution in [0.25, 0.3) is 22.3 Å². The first-order chi connectivity index (χ1) is 23.2. The lowest BCUT2D eigenvalue weighted by molar-refractivity contribution is 0.248. The number of aromatic hydroxyl groups is 2. The molecule has 4 aliphatic carbocycles. The van der Waals surface area contributed by atoms with Crippen LogP contribution in [0.3, 0.4) is 0 Å². The molecule has 0 radical (unpaired) electrons. The Labute approximate surface area is 279 Å². The Morgan fingerprint density at radius 3 is 1.09 bits per heavy atom. The summed E-state index contributed by atoms with van der Waals surface area (Å²) in [4.78, 5) is 0. The van der Waals surface area contributed by atoms with Crippen LogP contribution < -0.4 is 9.47 Å². The first-order valence-corrected chi connectivity index (χ1v) is 18.4. The van der Waals surface area contributed by atoms with E-state index in [0.717, 1.165) is 91.5 Å². The van der Waals surface area contributed by atoms with Crippen LogP contribution in [0.2, 0.25) is 0 Å². The summed E-state index contributed by atoms with van der Waals surface area (Å²) in [6.07, 6.45) is 18.7. The van der Waals surface area contributed by atoms with Gasteiger partial charge in [0.25, 0.3) is 0 Å². The van der Waals surface area contributed by atoms with Crippen molar-refractivity contribution in [2.45, 2.75) is 109 Å². The molecule has 4 nitrogen and oxygen atoms in total. The highest BCUT2D eigenvalue weighted by Crippen LogP contribution is 2.48. The number of rotatable bonds is 8. The maximum atomic E-state index is 11.3. The summed E-state index contributed by atoms with van der Waals surface area (Å²) >= 11 is 0. The van der Waals surface area contributed by atoms with Crippen molar-refractivity contribution < 1.29 is 19.7 Å². The molecule has 0 saturated carbocycles. The van der Waals surface area contributed by atoms with Gasteiger partial charge < -0.3 is 19.7 Å². The van der Waals surface area contributed by atoms with Crippen molar-refractivity contribution in [1.82, 2.24) is 0 Å². The predicted molar refractivity (Wildman–Crippen MR) is 189 cm³/mol. The molecule has 0 unspecified atom stereocenters. The number of aryl methyl sites for hydroxylation is 4. The highest BCUT2D eigenvalue weighted by Gasteiger charge is 2.27. The van der Waals surface area contributed by atoms with Gasteiger partial charge in [-0.2, -0.15) is 0 Å². The topological polar surface area (TPSA) is 58.9 Å². The Balaban J connectivity index is 1.06. The highest BCUT2D eigenvalue weighted by atomic mass is 16.5. The summed E-state index contributed by atoms with van der Waals surface area (Å²) in [6, 6.07) is 16.8. The van der Waals surface area contributed by atoms with Gasteiger partial charge in [0.15, 0.2) is 0 Å². The van der Waals surface area contributed by atoms with Crippen LogP contribution in [-0.4, -0.2) is 23.4 Å². The molecule has 0 fully saturated rings. The number of phenolic OH excluding ortho intramolecular Hbond substituents is 2. The average molecular weight is 629 g/mol. The largest absolute Gasteiger partial charge is 0.507 e. The summed E-state index contributed by atoms with van der Waals surface area (Å²) in [5, 5.41) is 22.6. The summed E-state index contributed by atoms with van der Waals surface area (Å²) in [7, 11) is 0. The Kier molecular flexibility index (Phi) is 8.60. The fourth-order valence-corrected chi connectivity index (χ4v) is 9.01. The van der Waals surface area contributed by atoms with Gasteiger partial charge in [0.2, 0.25) is 0 Å². The second-order valence-electron chi connectivity index (χ2n) is 14.2. The van der Waals surface area contributed by atoms with E-state index in [-0.39, 0.29) is 0 Å². The van der Waals surface area contributed by atoms with Crippen molar-refractivity contribution in [3.63, 3.8) is 0 Å². The van der Waals surface area contributed by atoms with E-state index >= 15 is 0 Å². The molecular formula is C43H48O4. The van der Waals surface area contributed by atoms with E-state index in [9.17, 15) is 10.2 Å². The van der Waals surface area contributed by atoms with Gasteiger partial charge in [-0.1, -0.05) is 24.3 Å². The molecule has 244 valence electrons. The van der Waals surface area contributed by atoms with Crippen LogP contribution in [0.4, 0.5) is 0 Å². The maximum absolute atomic E-state index is 11.3. The first kappa shape index (κ1) is 30.4. The number of benzene rings is 4. The fraction of sp³-hybridized carbons (Fsp3) is 0.442. The van der Waals surface area contributed by atoms with Crippen LogP contribution in [0.5, 0.6) is 23.0 Å². The fourth-order valence-electron chi connectivity index (χ4n) is 9.01. The summed E-state index contributed by atoms with van der Waals surface area (Å²) in [5.41, 5.74) is 15.2. The standard InChI is InChI=1S/C43H48O4/c44-36-22-18-28-10-1-5-14-32(28)40(36)42-34-16-7-3-12-30(34)20-24-38(42)46-26-9-27-47-39-25-21-31-13-4-8-17-35(31)43(39)41-33-15-6-2-11-29(33)19-23-37(41)45/h18-25,44-45H,1-17,26-27H2. The third-order valence-electron chi connectivity index (χ3n) is 11.3. The van der Waals surface area contributed by atoms with Crippen molar-refractivity contribution in [3.05, 3.63) is 93.0 Å². The lowest BCUT2D eigenvalue weighted by atomic mass is 9.80. The molecule has 2 N–H and O–H groups in total. The molecule has 0 amide bonds. The van der Waals surface area contributed by atoms with Gasteiger partial charge in [-0.05, 0) is 172 Å². The zero-order chi connectivity index (χ0) is 31.7. The Hall–Kier alpha value is -3.92. The predicted octanol–water partition coefficient (Wildman–Crippen LogP) is 9.79. The van der Waals surface area contributed by atoms with E-state index in [1.807, 2.05) is 12.1 Å². The second-order valence-corrected chi connectivity index (χ2v) is 14.2. The van der Waals surface area contributed by atoms with Gasteiger partial charge in [-0.25, -0.2) is 0 Å². The molecule has 0 aromatic heterocycles. The molecule has 8 rings (SSSR count). The van der Waals surface area contributed by atoms with Crippen molar-refractivity contribution in [3.8, 4) is 45.3 Å². The number of phenols is 2. The molecule has 4 aromatic rings. The minimum Gasteiger partial charge on any atom is -0.507 e. The van der Waals surface area contributed by atoms with E-state index in [0.29, 0.717) is 24.7 Å². The smallest absolute Gasteiger partial charge is 0.127 e. The molecule has 4 aliphatic rings. The molecule has 4 aromatic carbocycles. The maximum Gasteiger partial charge on any atom is 0.127 e. The lowest BCUT2D eigenvalue weighted by Crippen LogP contribution is -2.12. The minimum absolute atomic E-state index is 0.379. The van der Waals surface area contributed by atoms with Crippen LogP contribution in [0.15, 0.2) is 48.5 Å². The summed E-state index contributed by atoms with van der Waals surface area (Å²) < 4.78 is 13.2. The van der Waals surface area contributed by atoms with Gasteiger partial charge in [0.1, 0.15) is 23.0 Å². The van der Waals surface area contributed by atoms with Crippen molar-refractivity contribution in [2.24, 2.45) is 0 Å². The molecule has 0 saturated heterocycles. The van der Waals surface area contributed by atoms with Crippen LogP contribution >= 0.6 is 0 Å². The Morgan fingerprint density at radius 1 is 0.383 bits per heavy atom. The van der Waals surface area contributed by atoms with Gasteiger partial charge in [-0.3, -0.25) is 0 Å². The van der Waals surface area contributed by atoms with E-state index in [4.69, 9.17) is 9.47 Å². The highest BCUT2D eigenvalue weighted by molar-refractivity contribution is 5.84. The minimum atomic E-state index is 0.379. The zero-order valence-electron chi connectivity index (χ0n) is 27.8. The monoisotopic (exact) mass is 628 g/mol. The number of hydrogen-bond acceptors (Lipinski definition) is 4. The van der Waals surface area contributed by atoms with Crippen molar-refractivity contribution in [2.75, 3.05) is 13.2 Å². The SMILES string of the molecule is Oc1ccc2c(c1-c1c(OCCCOc3ccc4c(c3-c3c(O)ccc5c3CCCC5)CCCC4)ccc3c1CCCC3)CCCC2. The normalized spacial score (nSPS) is 16.9. The van der Waals surface area contributed by atoms with Crippen LogP contribution in [-0.2, 0) is 51.4 Å². The van der Waals surface area contributed by atoms with Gasteiger partial charge in [0.05, 0.1) is 13.2 Å². The van der Waals surface area contributed by atoms with Crippen molar-refractivity contribution in [1.29, 1.82) is 0 Å². The summed E-state index contributed by atoms with van der Waals surface area (Å²) in [5.74, 6) is 2.53.